The van der Waals surface area contributed by atoms with Gasteiger partial charge < -0.3 is 5.11 Å². The number of aliphatic hydroxyl groups is 1. The van der Waals surface area contributed by atoms with Crippen molar-refractivity contribution in [2.75, 3.05) is 0 Å². The van der Waals surface area contributed by atoms with Crippen molar-refractivity contribution in [3.8, 4) is 0 Å². The van der Waals surface area contributed by atoms with Gasteiger partial charge in [-0.2, -0.15) is 0 Å². The van der Waals surface area contributed by atoms with Gasteiger partial charge in [-0.3, -0.25) is 0 Å². The molecule has 1 N–H and O–H groups in total. The predicted molar refractivity (Wildman–Crippen MR) is 70.9 cm³/mol. The molecule has 2 aromatic heterocycles. The molecule has 0 aliphatic carbocycles. The molecule has 3 nitrogen and oxygen atoms in total. The number of nitrogens with zero attached hydrogens (tertiary/aromatic N) is 2. The van der Waals surface area contributed by atoms with E-state index in [4.69, 9.17) is 0 Å². The minimum atomic E-state index is -0.534. The maximum atomic E-state index is 9.67. The van der Waals surface area contributed by atoms with Crippen LogP contribution in [0.1, 0.15) is 18.6 Å². The van der Waals surface area contributed by atoms with Crippen molar-refractivity contribution in [1.82, 2.24) is 9.97 Å². The highest BCUT2D eigenvalue weighted by Gasteiger charge is 2.11. The van der Waals surface area contributed by atoms with Crippen LogP contribution in [0.4, 0.5) is 0 Å². The summed E-state index contributed by atoms with van der Waals surface area (Å²) in [5.74, 6) is 0. The van der Waals surface area contributed by atoms with Crippen LogP contribution in [0, 0.1) is 0 Å². The van der Waals surface area contributed by atoms with E-state index < -0.39 is 6.10 Å². The molecule has 0 spiro atoms. The number of aromatic nitrogens is 2. The molecule has 0 bridgehead atoms. The zero-order valence-corrected chi connectivity index (χ0v) is 11.6. The number of halogens is 1. The normalized spacial score (nSPS) is 12.4. The SMILES string of the molecule is C[C@@H](O)c1cccnc1Sc1ncccc1Br. The molecule has 1 atom stereocenters. The van der Waals surface area contributed by atoms with Gasteiger partial charge >= 0.3 is 0 Å². The van der Waals surface area contributed by atoms with Gasteiger partial charge in [-0.1, -0.05) is 6.07 Å². The van der Waals surface area contributed by atoms with E-state index in [0.29, 0.717) is 0 Å². The highest BCUT2D eigenvalue weighted by atomic mass is 79.9. The van der Waals surface area contributed by atoms with Gasteiger partial charge in [0.15, 0.2) is 0 Å². The average molecular weight is 311 g/mol. The number of rotatable bonds is 3. The molecule has 2 rings (SSSR count). The van der Waals surface area contributed by atoms with E-state index in [-0.39, 0.29) is 0 Å². The average Bonchev–Trinajstić information content (AvgIpc) is 2.32. The maximum Gasteiger partial charge on any atom is 0.116 e. The van der Waals surface area contributed by atoms with Crippen molar-refractivity contribution in [3.05, 3.63) is 46.7 Å². The Kier molecular flexibility index (Phi) is 4.15. The van der Waals surface area contributed by atoms with Crippen LogP contribution in [-0.2, 0) is 0 Å². The summed E-state index contributed by atoms with van der Waals surface area (Å²) in [7, 11) is 0. The Labute approximate surface area is 112 Å². The number of pyridine rings is 2. The van der Waals surface area contributed by atoms with Gasteiger partial charge in [0.2, 0.25) is 0 Å². The fourth-order valence-electron chi connectivity index (χ4n) is 1.34. The Morgan fingerprint density at radius 1 is 1.18 bits per heavy atom. The lowest BCUT2D eigenvalue weighted by molar-refractivity contribution is 0.195. The van der Waals surface area contributed by atoms with Gasteiger partial charge in [0.1, 0.15) is 10.1 Å². The molecule has 0 fully saturated rings. The topological polar surface area (TPSA) is 46.0 Å². The van der Waals surface area contributed by atoms with E-state index in [9.17, 15) is 5.11 Å². The highest BCUT2D eigenvalue weighted by molar-refractivity contribution is 9.10. The van der Waals surface area contributed by atoms with Crippen LogP contribution in [0.2, 0.25) is 0 Å². The van der Waals surface area contributed by atoms with Crippen molar-refractivity contribution in [2.24, 2.45) is 0 Å². The van der Waals surface area contributed by atoms with E-state index in [1.807, 2.05) is 24.3 Å². The second-order valence-corrected chi connectivity index (χ2v) is 5.30. The third kappa shape index (κ3) is 3.06. The van der Waals surface area contributed by atoms with E-state index >= 15 is 0 Å². The Morgan fingerprint density at radius 3 is 2.47 bits per heavy atom. The Bertz CT molecular complexity index is 519. The quantitative estimate of drug-likeness (QED) is 0.943. The summed E-state index contributed by atoms with van der Waals surface area (Å²) in [6, 6.07) is 7.49. The van der Waals surface area contributed by atoms with Gasteiger partial charge in [0, 0.05) is 18.0 Å². The molecule has 0 aromatic carbocycles. The zero-order valence-electron chi connectivity index (χ0n) is 9.17. The summed E-state index contributed by atoms with van der Waals surface area (Å²) in [5.41, 5.74) is 0.815. The summed E-state index contributed by atoms with van der Waals surface area (Å²) in [6.07, 6.45) is 2.91. The van der Waals surface area contributed by atoms with Crippen LogP contribution in [0.3, 0.4) is 0 Å². The lowest BCUT2D eigenvalue weighted by atomic mass is 10.2. The molecule has 2 heterocycles. The molecule has 0 unspecified atom stereocenters. The molecule has 0 aliphatic heterocycles. The smallest absolute Gasteiger partial charge is 0.116 e. The molecule has 0 radical (unpaired) electrons. The van der Waals surface area contributed by atoms with Crippen molar-refractivity contribution in [3.63, 3.8) is 0 Å². The summed E-state index contributed by atoms with van der Waals surface area (Å²) in [6.45, 7) is 1.73. The fourth-order valence-corrected chi connectivity index (χ4v) is 2.77. The largest absolute Gasteiger partial charge is 0.389 e. The molecule has 0 saturated heterocycles. The van der Waals surface area contributed by atoms with Gasteiger partial charge in [0.05, 0.1) is 10.6 Å². The Balaban J connectivity index is 2.34. The fraction of sp³-hybridized carbons (Fsp3) is 0.167. The molecule has 5 heteroatoms. The second kappa shape index (κ2) is 5.62. The van der Waals surface area contributed by atoms with Crippen molar-refractivity contribution < 1.29 is 5.11 Å². The molecule has 17 heavy (non-hydrogen) atoms. The molecule has 0 saturated carbocycles. The first-order valence-electron chi connectivity index (χ1n) is 5.10. The summed E-state index contributed by atoms with van der Waals surface area (Å²) in [5, 5.41) is 11.3. The molecular weight excluding hydrogens is 300 g/mol. The van der Waals surface area contributed by atoms with Crippen molar-refractivity contribution in [2.45, 2.75) is 23.1 Å². The summed E-state index contributed by atoms with van der Waals surface area (Å²) < 4.78 is 0.923. The van der Waals surface area contributed by atoms with Gasteiger partial charge in [0.25, 0.3) is 0 Å². The highest BCUT2D eigenvalue weighted by Crippen LogP contribution is 2.33. The number of aliphatic hydroxyl groups excluding tert-OH is 1. The third-order valence-corrected chi connectivity index (χ3v) is 4.12. The minimum absolute atomic E-state index is 0.534. The Morgan fingerprint density at radius 2 is 1.82 bits per heavy atom. The zero-order chi connectivity index (χ0) is 12.3. The minimum Gasteiger partial charge on any atom is -0.389 e. The predicted octanol–water partition coefficient (Wildman–Crippen LogP) is 3.44. The monoisotopic (exact) mass is 310 g/mol. The van der Waals surface area contributed by atoms with E-state index in [1.165, 1.54) is 11.8 Å². The first kappa shape index (κ1) is 12.5. The van der Waals surface area contributed by atoms with E-state index in [1.54, 1.807) is 19.3 Å². The van der Waals surface area contributed by atoms with Gasteiger partial charge in [-0.05, 0) is 52.8 Å². The van der Waals surface area contributed by atoms with Crippen LogP contribution < -0.4 is 0 Å². The molecule has 0 amide bonds. The standard InChI is InChI=1S/C12H11BrN2OS/c1-8(16)9-4-2-6-14-11(9)17-12-10(13)5-3-7-15-12/h2-8,16H,1H3/t8-/m1/s1. The van der Waals surface area contributed by atoms with Gasteiger partial charge in [-0.25, -0.2) is 9.97 Å². The molecule has 2 aromatic rings. The molecule has 88 valence electrons. The second-order valence-electron chi connectivity index (χ2n) is 3.47. The van der Waals surface area contributed by atoms with Crippen molar-refractivity contribution in [1.29, 1.82) is 0 Å². The van der Waals surface area contributed by atoms with Gasteiger partial charge in [-0.15, -0.1) is 0 Å². The van der Waals surface area contributed by atoms with E-state index in [2.05, 4.69) is 25.9 Å². The lowest BCUT2D eigenvalue weighted by Crippen LogP contribution is -1.96. The van der Waals surface area contributed by atoms with E-state index in [0.717, 1.165) is 20.1 Å². The van der Waals surface area contributed by atoms with Crippen LogP contribution in [0.5, 0.6) is 0 Å². The molecule has 0 aliphatic rings. The maximum absolute atomic E-state index is 9.67. The first-order chi connectivity index (χ1) is 8.18. The Hall–Kier alpha value is -0.910. The first-order valence-corrected chi connectivity index (χ1v) is 6.71. The lowest BCUT2D eigenvalue weighted by Gasteiger charge is -2.10. The molecular formula is C12H11BrN2OS. The van der Waals surface area contributed by atoms with Crippen LogP contribution in [0.25, 0.3) is 0 Å². The number of hydrogen-bond acceptors (Lipinski definition) is 4. The van der Waals surface area contributed by atoms with Crippen molar-refractivity contribution >= 4 is 27.7 Å². The summed E-state index contributed by atoms with van der Waals surface area (Å²) >= 11 is 4.88. The summed E-state index contributed by atoms with van der Waals surface area (Å²) in [4.78, 5) is 8.55. The van der Waals surface area contributed by atoms with Crippen LogP contribution in [0.15, 0.2) is 51.2 Å². The van der Waals surface area contributed by atoms with Crippen LogP contribution >= 0.6 is 27.7 Å². The van der Waals surface area contributed by atoms with Crippen LogP contribution in [-0.4, -0.2) is 15.1 Å². The third-order valence-electron chi connectivity index (χ3n) is 2.17. The number of hydrogen-bond donors (Lipinski definition) is 1.